The number of likely N-dealkylation sites (tertiary alicyclic amines) is 2. The molecular formula is C44H62N8O8. The van der Waals surface area contributed by atoms with E-state index in [1.165, 1.54) is 4.57 Å². The van der Waals surface area contributed by atoms with E-state index < -0.39 is 18.0 Å². The van der Waals surface area contributed by atoms with Crippen LogP contribution in [0.5, 0.6) is 0 Å². The molecule has 1 atom stereocenters. The van der Waals surface area contributed by atoms with Gasteiger partial charge in [0, 0.05) is 103 Å². The van der Waals surface area contributed by atoms with E-state index in [0.29, 0.717) is 82.3 Å². The summed E-state index contributed by atoms with van der Waals surface area (Å²) >= 11 is 0. The van der Waals surface area contributed by atoms with Gasteiger partial charge in [0.15, 0.2) is 11.7 Å². The highest BCUT2D eigenvalue weighted by molar-refractivity contribution is 5.91. The molecule has 4 aliphatic heterocycles. The maximum absolute atomic E-state index is 14.4. The van der Waals surface area contributed by atoms with Crippen molar-refractivity contribution < 1.29 is 33.1 Å². The molecule has 0 unspecified atom stereocenters. The number of carbonyl (C=O) groups is 4. The molecule has 3 saturated heterocycles. The average molecular weight is 831 g/mol. The Morgan fingerprint density at radius 3 is 2.33 bits per heavy atom. The highest BCUT2D eigenvalue weighted by atomic mass is 16.6. The molecule has 5 heterocycles. The molecule has 4 aliphatic rings. The first kappa shape index (κ1) is 43.2. The fraction of sp³-hybridized carbons (Fsp3) is 0.614. The highest BCUT2D eigenvalue weighted by Gasteiger charge is 2.37. The lowest BCUT2D eigenvalue weighted by Crippen LogP contribution is -2.55. The number of rotatable bonds is 13. The van der Waals surface area contributed by atoms with Crippen molar-refractivity contribution in [3.8, 4) is 0 Å². The van der Waals surface area contributed by atoms with Crippen LogP contribution in [-0.2, 0) is 39.0 Å². The van der Waals surface area contributed by atoms with Gasteiger partial charge in [0.05, 0.1) is 18.5 Å². The fourth-order valence-corrected chi connectivity index (χ4v) is 9.28. The topological polar surface area (TPSA) is 153 Å². The summed E-state index contributed by atoms with van der Waals surface area (Å²) in [6.07, 6.45) is 3.33. The smallest absolute Gasteiger partial charge is 0.419 e. The number of benzene rings is 2. The molecule has 1 aromatic heterocycles. The van der Waals surface area contributed by atoms with Crippen LogP contribution in [0, 0.1) is 6.92 Å². The number of nitrogens with zero attached hydrogens (tertiary/aromatic N) is 7. The van der Waals surface area contributed by atoms with Crippen LogP contribution in [0.15, 0.2) is 45.6 Å². The number of esters is 1. The SMILES string of the molecule is Cc1cc(C[C@@H](OC(=O)N2CCC(N3CCc4ccccc4NC3=O)CC2)C(=O)N2CCC(N3CCN(CCC(=O)OCCCN(C)C)CC3)CC2)cc2oc(=O)n(C)c12. The minimum Gasteiger partial charge on any atom is -0.466 e. The van der Waals surface area contributed by atoms with Crippen LogP contribution in [-0.4, -0.2) is 169 Å². The quantitative estimate of drug-likeness (QED) is 0.199. The Kier molecular flexibility index (Phi) is 14.1. The van der Waals surface area contributed by atoms with Gasteiger partial charge < -0.3 is 43.7 Å². The van der Waals surface area contributed by atoms with E-state index >= 15 is 0 Å². The van der Waals surface area contributed by atoms with Crippen LogP contribution < -0.4 is 11.1 Å². The Bertz CT molecular complexity index is 2040. The summed E-state index contributed by atoms with van der Waals surface area (Å²) in [5.74, 6) is -0.844. The second-order valence-corrected chi connectivity index (χ2v) is 17.1. The van der Waals surface area contributed by atoms with Crippen molar-refractivity contribution in [1.29, 1.82) is 0 Å². The third kappa shape index (κ3) is 10.5. The number of carbonyl (C=O) groups excluding carboxylic acids is 4. The summed E-state index contributed by atoms with van der Waals surface area (Å²) in [5.41, 5.74) is 4.62. The number of urea groups is 1. The van der Waals surface area contributed by atoms with E-state index in [1.807, 2.05) is 61.2 Å². The molecule has 326 valence electrons. The standard InChI is InChI=1S/C44H62N8O8/c1-31-28-32(29-37-40(31)47(4)43(56)59-37)30-38(60-44(57)51-20-13-35(14-21-51)52-22-10-33-8-5-6-9-36(33)45-42(52)55)41(54)50-18-11-34(12-19-50)49-25-23-48(24-26-49)17-15-39(53)58-27-7-16-46(2)3/h5-6,8-9,28-29,34-35,38H,7,10-27,30H2,1-4H3,(H,45,55)/t38-/m1/s1. The lowest BCUT2D eigenvalue weighted by Gasteiger charge is -2.43. The van der Waals surface area contributed by atoms with Crippen LogP contribution in [0.25, 0.3) is 11.1 Å². The summed E-state index contributed by atoms with van der Waals surface area (Å²) in [5, 5.41) is 3.05. The molecule has 3 fully saturated rings. The number of hydrogen-bond donors (Lipinski definition) is 1. The van der Waals surface area contributed by atoms with Crippen molar-refractivity contribution in [3.05, 3.63) is 63.6 Å². The Hall–Kier alpha value is -4.93. The zero-order chi connectivity index (χ0) is 42.3. The number of aryl methyl sites for hydroxylation is 2. The number of oxazole rings is 1. The number of piperidine rings is 2. The monoisotopic (exact) mass is 830 g/mol. The van der Waals surface area contributed by atoms with Gasteiger partial charge >= 0.3 is 23.8 Å². The Balaban J connectivity index is 0.933. The van der Waals surface area contributed by atoms with Gasteiger partial charge in [-0.3, -0.25) is 19.1 Å². The van der Waals surface area contributed by atoms with Gasteiger partial charge in [-0.15, -0.1) is 0 Å². The number of nitrogens with one attached hydrogen (secondary N) is 1. The molecule has 4 amide bonds. The Labute approximate surface area is 352 Å². The van der Waals surface area contributed by atoms with Gasteiger partial charge in [0.2, 0.25) is 0 Å². The molecule has 60 heavy (non-hydrogen) atoms. The minimum absolute atomic E-state index is 0.0212. The van der Waals surface area contributed by atoms with Gasteiger partial charge in [-0.05, 0) is 88.4 Å². The summed E-state index contributed by atoms with van der Waals surface area (Å²) in [4.78, 5) is 78.3. The Morgan fingerprint density at radius 1 is 0.900 bits per heavy atom. The molecule has 0 aliphatic carbocycles. The first-order chi connectivity index (χ1) is 28.9. The molecule has 0 bridgehead atoms. The zero-order valence-corrected chi connectivity index (χ0v) is 35.7. The van der Waals surface area contributed by atoms with E-state index in [2.05, 4.69) is 20.0 Å². The molecule has 3 aromatic rings. The molecule has 0 saturated carbocycles. The highest BCUT2D eigenvalue weighted by Crippen LogP contribution is 2.27. The number of fused-ring (bicyclic) bond motifs is 2. The largest absolute Gasteiger partial charge is 0.466 e. The van der Waals surface area contributed by atoms with Crippen LogP contribution in [0.2, 0.25) is 0 Å². The van der Waals surface area contributed by atoms with Crippen LogP contribution in [0.4, 0.5) is 15.3 Å². The second kappa shape index (κ2) is 19.6. The number of amides is 4. The third-order valence-electron chi connectivity index (χ3n) is 12.7. The minimum atomic E-state index is -1.07. The number of hydrogen-bond acceptors (Lipinski definition) is 11. The molecule has 1 N–H and O–H groups in total. The van der Waals surface area contributed by atoms with E-state index in [9.17, 15) is 24.0 Å². The molecule has 0 radical (unpaired) electrons. The number of piperazine rings is 1. The van der Waals surface area contributed by atoms with Crippen molar-refractivity contribution in [3.63, 3.8) is 0 Å². The van der Waals surface area contributed by atoms with Crippen LogP contribution in [0.1, 0.15) is 55.2 Å². The maximum atomic E-state index is 14.4. The first-order valence-corrected chi connectivity index (χ1v) is 21.7. The number of para-hydroxylation sites is 1. The molecule has 0 spiro atoms. The van der Waals surface area contributed by atoms with Crippen molar-refractivity contribution >= 4 is 40.8 Å². The third-order valence-corrected chi connectivity index (χ3v) is 12.7. The zero-order valence-electron chi connectivity index (χ0n) is 35.7. The normalized spacial score (nSPS) is 19.3. The predicted molar refractivity (Wildman–Crippen MR) is 227 cm³/mol. The summed E-state index contributed by atoms with van der Waals surface area (Å²) in [6, 6.07) is 11.7. The predicted octanol–water partition coefficient (Wildman–Crippen LogP) is 3.54. The van der Waals surface area contributed by atoms with E-state index in [4.69, 9.17) is 13.9 Å². The maximum Gasteiger partial charge on any atom is 0.419 e. The van der Waals surface area contributed by atoms with Gasteiger partial charge in [0.25, 0.3) is 5.91 Å². The molecule has 7 rings (SSSR count). The number of aromatic nitrogens is 1. The van der Waals surface area contributed by atoms with Gasteiger partial charge in [-0.2, -0.15) is 0 Å². The van der Waals surface area contributed by atoms with Gasteiger partial charge in [-0.1, -0.05) is 24.3 Å². The van der Waals surface area contributed by atoms with Crippen molar-refractivity contribution in [1.82, 2.24) is 34.0 Å². The molecule has 2 aromatic carbocycles. The summed E-state index contributed by atoms with van der Waals surface area (Å²) < 4.78 is 18.5. The van der Waals surface area contributed by atoms with Crippen molar-refractivity contribution in [2.24, 2.45) is 7.05 Å². The average Bonchev–Trinajstić information content (AvgIpc) is 3.42. The second-order valence-electron chi connectivity index (χ2n) is 17.1. The molecule has 16 heteroatoms. The van der Waals surface area contributed by atoms with E-state index in [1.54, 1.807) is 18.0 Å². The number of anilines is 1. The van der Waals surface area contributed by atoms with Crippen LogP contribution >= 0.6 is 0 Å². The Morgan fingerprint density at radius 2 is 1.60 bits per heavy atom. The first-order valence-electron chi connectivity index (χ1n) is 21.7. The fourth-order valence-electron chi connectivity index (χ4n) is 9.28. The van der Waals surface area contributed by atoms with E-state index in [0.717, 1.165) is 80.8 Å². The van der Waals surface area contributed by atoms with Crippen molar-refractivity contribution in [2.45, 2.75) is 76.5 Å². The lowest BCUT2D eigenvalue weighted by atomic mass is 9.99. The van der Waals surface area contributed by atoms with Crippen molar-refractivity contribution in [2.75, 3.05) is 98.0 Å². The summed E-state index contributed by atoms with van der Waals surface area (Å²) in [6.45, 7) is 10.0. The number of ether oxygens (including phenoxy) is 2. The summed E-state index contributed by atoms with van der Waals surface area (Å²) in [7, 11) is 5.67. The lowest BCUT2D eigenvalue weighted by molar-refractivity contribution is -0.144. The molecular weight excluding hydrogens is 769 g/mol. The van der Waals surface area contributed by atoms with E-state index in [-0.39, 0.29) is 30.4 Å². The van der Waals surface area contributed by atoms with Crippen LogP contribution in [0.3, 0.4) is 0 Å². The van der Waals surface area contributed by atoms with Gasteiger partial charge in [0.1, 0.15) is 0 Å². The molecule has 16 nitrogen and oxygen atoms in total. The van der Waals surface area contributed by atoms with Gasteiger partial charge in [-0.25, -0.2) is 14.4 Å².